The second kappa shape index (κ2) is 5.91. The predicted octanol–water partition coefficient (Wildman–Crippen LogP) is 2.40. The molecule has 1 fully saturated rings. The summed E-state index contributed by atoms with van der Waals surface area (Å²) in [6, 6.07) is 4.94. The number of halogens is 1. The highest BCUT2D eigenvalue weighted by atomic mass is 19.1. The molecule has 112 valence electrons. The van der Waals surface area contributed by atoms with Crippen molar-refractivity contribution >= 4 is 0 Å². The van der Waals surface area contributed by atoms with Crippen molar-refractivity contribution in [2.75, 3.05) is 19.7 Å². The van der Waals surface area contributed by atoms with Crippen molar-refractivity contribution in [3.63, 3.8) is 0 Å². The summed E-state index contributed by atoms with van der Waals surface area (Å²) in [5.41, 5.74) is 1.23. The van der Waals surface area contributed by atoms with Crippen molar-refractivity contribution in [3.8, 4) is 11.4 Å². The Hall–Kier alpha value is -1.79. The lowest BCUT2D eigenvalue weighted by Crippen LogP contribution is -2.40. The summed E-state index contributed by atoms with van der Waals surface area (Å²) in [4.78, 5) is 6.55. The standard InChI is InChI=1S/C15H18FN3O2/c1-10-3-4-12(7-13(10)16)15-17-14(21-18-15)9-19-5-6-20-11(2)8-19/h3-4,7,11H,5-6,8-9H2,1-2H3/t11-/m0/s1. The van der Waals surface area contributed by atoms with E-state index < -0.39 is 0 Å². The van der Waals surface area contributed by atoms with E-state index in [9.17, 15) is 4.39 Å². The molecule has 21 heavy (non-hydrogen) atoms. The van der Waals surface area contributed by atoms with E-state index >= 15 is 0 Å². The van der Waals surface area contributed by atoms with E-state index in [1.165, 1.54) is 6.07 Å². The van der Waals surface area contributed by atoms with Crippen molar-refractivity contribution in [1.29, 1.82) is 0 Å². The zero-order valence-corrected chi connectivity index (χ0v) is 12.2. The lowest BCUT2D eigenvalue weighted by Gasteiger charge is -2.29. The number of ether oxygens (including phenoxy) is 1. The largest absolute Gasteiger partial charge is 0.376 e. The highest BCUT2D eigenvalue weighted by Gasteiger charge is 2.19. The van der Waals surface area contributed by atoms with Crippen LogP contribution in [-0.2, 0) is 11.3 Å². The first-order valence-corrected chi connectivity index (χ1v) is 7.05. The smallest absolute Gasteiger partial charge is 0.241 e. The van der Waals surface area contributed by atoms with Crippen LogP contribution in [0.15, 0.2) is 22.7 Å². The van der Waals surface area contributed by atoms with Gasteiger partial charge < -0.3 is 9.26 Å². The molecular weight excluding hydrogens is 273 g/mol. The average molecular weight is 291 g/mol. The van der Waals surface area contributed by atoms with Crippen LogP contribution >= 0.6 is 0 Å². The lowest BCUT2D eigenvalue weighted by atomic mass is 10.1. The first-order valence-electron chi connectivity index (χ1n) is 7.05. The van der Waals surface area contributed by atoms with E-state index in [2.05, 4.69) is 15.0 Å². The Kier molecular flexibility index (Phi) is 3.98. The minimum atomic E-state index is -0.263. The molecule has 0 bridgehead atoms. The minimum Gasteiger partial charge on any atom is -0.376 e. The van der Waals surface area contributed by atoms with Crippen molar-refractivity contribution in [1.82, 2.24) is 15.0 Å². The van der Waals surface area contributed by atoms with Crippen LogP contribution in [-0.4, -0.2) is 40.8 Å². The summed E-state index contributed by atoms with van der Waals surface area (Å²) >= 11 is 0. The molecule has 1 saturated heterocycles. The highest BCUT2D eigenvalue weighted by molar-refractivity contribution is 5.54. The highest BCUT2D eigenvalue weighted by Crippen LogP contribution is 2.19. The van der Waals surface area contributed by atoms with Crippen molar-refractivity contribution < 1.29 is 13.7 Å². The molecule has 5 nitrogen and oxygen atoms in total. The molecule has 3 rings (SSSR count). The molecule has 1 aliphatic rings. The van der Waals surface area contributed by atoms with Gasteiger partial charge in [-0.3, -0.25) is 4.90 Å². The first-order chi connectivity index (χ1) is 10.1. The van der Waals surface area contributed by atoms with E-state index in [-0.39, 0.29) is 11.9 Å². The number of rotatable bonds is 3. The van der Waals surface area contributed by atoms with Crippen LogP contribution < -0.4 is 0 Å². The van der Waals surface area contributed by atoms with E-state index in [4.69, 9.17) is 9.26 Å². The number of nitrogens with zero attached hydrogens (tertiary/aromatic N) is 3. The molecule has 1 atom stereocenters. The van der Waals surface area contributed by atoms with Crippen LogP contribution in [0.5, 0.6) is 0 Å². The van der Waals surface area contributed by atoms with E-state index in [1.54, 1.807) is 19.1 Å². The van der Waals surface area contributed by atoms with Crippen LogP contribution in [0.2, 0.25) is 0 Å². The fourth-order valence-corrected chi connectivity index (χ4v) is 2.39. The molecule has 0 unspecified atom stereocenters. The van der Waals surface area contributed by atoms with Gasteiger partial charge in [-0.15, -0.1) is 0 Å². The van der Waals surface area contributed by atoms with Gasteiger partial charge in [0.05, 0.1) is 19.3 Å². The minimum absolute atomic E-state index is 0.215. The number of benzene rings is 1. The lowest BCUT2D eigenvalue weighted by molar-refractivity contribution is -0.0240. The third kappa shape index (κ3) is 3.28. The fraction of sp³-hybridized carbons (Fsp3) is 0.467. The van der Waals surface area contributed by atoms with Gasteiger partial charge in [0.2, 0.25) is 11.7 Å². The van der Waals surface area contributed by atoms with Gasteiger partial charge in [0.1, 0.15) is 5.82 Å². The second-order valence-corrected chi connectivity index (χ2v) is 5.39. The average Bonchev–Trinajstić information content (AvgIpc) is 2.90. The SMILES string of the molecule is Cc1ccc(-c2noc(CN3CCO[C@@H](C)C3)n2)cc1F. The molecule has 0 spiro atoms. The Bertz CT molecular complexity index is 629. The summed E-state index contributed by atoms with van der Waals surface area (Å²) in [6.07, 6.45) is 0.215. The summed E-state index contributed by atoms with van der Waals surface area (Å²) in [6.45, 7) is 6.76. The topological polar surface area (TPSA) is 51.4 Å². The van der Waals surface area contributed by atoms with Gasteiger partial charge in [-0.25, -0.2) is 4.39 Å². The molecule has 1 aromatic carbocycles. The quantitative estimate of drug-likeness (QED) is 0.869. The first kappa shape index (κ1) is 14.2. The van der Waals surface area contributed by atoms with Crippen LogP contribution in [0.1, 0.15) is 18.4 Å². The Morgan fingerprint density at radius 3 is 3.05 bits per heavy atom. The van der Waals surface area contributed by atoms with Gasteiger partial charge in [-0.1, -0.05) is 17.3 Å². The van der Waals surface area contributed by atoms with Crippen molar-refractivity contribution in [2.45, 2.75) is 26.5 Å². The van der Waals surface area contributed by atoms with Gasteiger partial charge >= 0.3 is 0 Å². The number of aryl methyl sites for hydroxylation is 1. The van der Waals surface area contributed by atoms with Crippen molar-refractivity contribution in [2.24, 2.45) is 0 Å². The molecule has 2 aromatic rings. The molecule has 6 heteroatoms. The molecule has 1 aliphatic heterocycles. The Morgan fingerprint density at radius 2 is 2.29 bits per heavy atom. The third-order valence-corrected chi connectivity index (χ3v) is 3.58. The Balaban J connectivity index is 1.72. The molecule has 2 heterocycles. The van der Waals surface area contributed by atoms with Gasteiger partial charge in [-0.2, -0.15) is 4.98 Å². The van der Waals surface area contributed by atoms with E-state index in [1.807, 2.05) is 6.92 Å². The summed E-state index contributed by atoms with van der Waals surface area (Å²) < 4.78 is 24.3. The van der Waals surface area contributed by atoms with Crippen LogP contribution in [0.4, 0.5) is 4.39 Å². The van der Waals surface area contributed by atoms with Gasteiger partial charge in [0.25, 0.3) is 0 Å². The molecule has 0 N–H and O–H groups in total. The van der Waals surface area contributed by atoms with Crippen molar-refractivity contribution in [3.05, 3.63) is 35.5 Å². The van der Waals surface area contributed by atoms with Crippen LogP contribution in [0.25, 0.3) is 11.4 Å². The summed E-state index contributed by atoms with van der Waals surface area (Å²) in [5.74, 6) is 0.700. The molecular formula is C15H18FN3O2. The van der Waals surface area contributed by atoms with Gasteiger partial charge in [-0.05, 0) is 25.5 Å². The van der Waals surface area contributed by atoms with Gasteiger partial charge in [0.15, 0.2) is 0 Å². The number of morpholine rings is 1. The number of aromatic nitrogens is 2. The molecule has 0 radical (unpaired) electrons. The normalized spacial score (nSPS) is 19.9. The number of hydrogen-bond donors (Lipinski definition) is 0. The number of hydrogen-bond acceptors (Lipinski definition) is 5. The Morgan fingerprint density at radius 1 is 1.43 bits per heavy atom. The molecule has 1 aromatic heterocycles. The summed E-state index contributed by atoms with van der Waals surface area (Å²) in [5, 5.41) is 3.93. The third-order valence-electron chi connectivity index (χ3n) is 3.58. The fourth-order valence-electron chi connectivity index (χ4n) is 2.39. The van der Waals surface area contributed by atoms with Crippen LogP contribution in [0.3, 0.4) is 0 Å². The molecule has 0 aliphatic carbocycles. The maximum atomic E-state index is 13.6. The monoisotopic (exact) mass is 291 g/mol. The van der Waals surface area contributed by atoms with E-state index in [0.29, 0.717) is 36.0 Å². The second-order valence-electron chi connectivity index (χ2n) is 5.39. The Labute approximate surface area is 122 Å². The molecule has 0 saturated carbocycles. The van der Waals surface area contributed by atoms with E-state index in [0.717, 1.165) is 13.1 Å². The molecule has 0 amide bonds. The van der Waals surface area contributed by atoms with Gasteiger partial charge in [0, 0.05) is 18.7 Å². The summed E-state index contributed by atoms with van der Waals surface area (Å²) in [7, 11) is 0. The van der Waals surface area contributed by atoms with Crippen LogP contribution in [0, 0.1) is 12.7 Å². The maximum absolute atomic E-state index is 13.6. The predicted molar refractivity (Wildman–Crippen MR) is 75.1 cm³/mol. The zero-order chi connectivity index (χ0) is 14.8. The maximum Gasteiger partial charge on any atom is 0.241 e. The zero-order valence-electron chi connectivity index (χ0n) is 12.2.